The normalized spacial score (nSPS) is 10.9. The number of nitrogens with one attached hydrogen (secondary N) is 1. The minimum absolute atomic E-state index is 0.697. The van der Waals surface area contributed by atoms with Crippen molar-refractivity contribution in [3.05, 3.63) is 48.2 Å². The molecule has 1 aromatic carbocycles. The van der Waals surface area contributed by atoms with Gasteiger partial charge < -0.3 is 16.0 Å². The third-order valence-corrected chi connectivity index (χ3v) is 2.49. The van der Waals surface area contributed by atoms with Crippen LogP contribution in [0.1, 0.15) is 12.5 Å². The first-order chi connectivity index (χ1) is 8.36. The van der Waals surface area contributed by atoms with Crippen molar-refractivity contribution in [1.29, 1.82) is 0 Å². The zero-order valence-electron chi connectivity index (χ0n) is 10.6. The van der Waals surface area contributed by atoms with Crippen LogP contribution in [0.5, 0.6) is 0 Å². The van der Waals surface area contributed by atoms with Gasteiger partial charge in [0.2, 0.25) is 0 Å². The third-order valence-electron chi connectivity index (χ3n) is 2.49. The van der Waals surface area contributed by atoms with E-state index in [-0.39, 0.29) is 0 Å². The van der Waals surface area contributed by atoms with Gasteiger partial charge in [0, 0.05) is 32.7 Å². The maximum absolute atomic E-state index is 5.44. The zero-order chi connectivity index (χ0) is 12.3. The van der Waals surface area contributed by atoms with Crippen LogP contribution < -0.4 is 11.1 Å². The molecule has 3 N–H and O–H groups in total. The molecule has 0 atom stereocenters. The van der Waals surface area contributed by atoms with Gasteiger partial charge in [-0.05, 0) is 18.7 Å². The lowest BCUT2D eigenvalue weighted by Gasteiger charge is -2.20. The van der Waals surface area contributed by atoms with Gasteiger partial charge >= 0.3 is 0 Å². The summed E-state index contributed by atoms with van der Waals surface area (Å²) in [7, 11) is 0. The Kier molecular flexibility index (Phi) is 7.11. The lowest BCUT2D eigenvalue weighted by Crippen LogP contribution is -2.31. The van der Waals surface area contributed by atoms with Gasteiger partial charge in [0.25, 0.3) is 0 Å². The monoisotopic (exact) mass is 233 g/mol. The number of nitrogens with zero attached hydrogens (tertiary/aromatic N) is 1. The Bertz CT molecular complexity index is 309. The number of benzene rings is 1. The largest absolute Gasteiger partial charge is 0.372 e. The van der Waals surface area contributed by atoms with Crippen molar-refractivity contribution in [3.8, 4) is 0 Å². The Morgan fingerprint density at radius 2 is 2.00 bits per heavy atom. The van der Waals surface area contributed by atoms with E-state index in [4.69, 9.17) is 5.73 Å². The highest BCUT2D eigenvalue weighted by molar-refractivity contribution is 5.14. The maximum atomic E-state index is 5.44. The van der Waals surface area contributed by atoms with Gasteiger partial charge in [0.1, 0.15) is 0 Å². The summed E-state index contributed by atoms with van der Waals surface area (Å²) in [6, 6.07) is 10.5. The molecule has 0 aliphatic carbocycles. The van der Waals surface area contributed by atoms with Crippen LogP contribution in [-0.4, -0.2) is 31.1 Å². The van der Waals surface area contributed by atoms with Gasteiger partial charge in [-0.15, -0.1) is 0 Å². The van der Waals surface area contributed by atoms with E-state index >= 15 is 0 Å². The minimum atomic E-state index is 0.697. The Morgan fingerprint density at radius 3 is 2.65 bits per heavy atom. The zero-order valence-corrected chi connectivity index (χ0v) is 10.6. The molecule has 94 valence electrons. The van der Waals surface area contributed by atoms with Crippen molar-refractivity contribution >= 4 is 0 Å². The van der Waals surface area contributed by atoms with Crippen molar-refractivity contribution in [2.24, 2.45) is 5.73 Å². The van der Waals surface area contributed by atoms with Gasteiger partial charge in [-0.1, -0.05) is 36.4 Å². The molecule has 1 rings (SSSR count). The van der Waals surface area contributed by atoms with Gasteiger partial charge in [0.05, 0.1) is 0 Å². The molecule has 0 amide bonds. The van der Waals surface area contributed by atoms with Crippen LogP contribution in [0.15, 0.2) is 42.6 Å². The molecule has 0 bridgehead atoms. The fraction of sp³-hybridized carbons (Fsp3) is 0.429. The smallest absolute Gasteiger partial charge is 0.0424 e. The summed E-state index contributed by atoms with van der Waals surface area (Å²) in [5, 5.41) is 3.31. The van der Waals surface area contributed by atoms with E-state index in [9.17, 15) is 0 Å². The van der Waals surface area contributed by atoms with E-state index in [0.29, 0.717) is 6.54 Å². The van der Waals surface area contributed by atoms with Gasteiger partial charge in [-0.2, -0.15) is 0 Å². The highest BCUT2D eigenvalue weighted by Gasteiger charge is 1.99. The molecule has 3 nitrogen and oxygen atoms in total. The van der Waals surface area contributed by atoms with Crippen LogP contribution in [0.3, 0.4) is 0 Å². The molecule has 0 aliphatic rings. The van der Waals surface area contributed by atoms with Crippen LogP contribution in [0.2, 0.25) is 0 Å². The Morgan fingerprint density at radius 1 is 1.24 bits per heavy atom. The van der Waals surface area contributed by atoms with Crippen molar-refractivity contribution in [2.45, 2.75) is 13.5 Å². The molecule has 0 aromatic heterocycles. The average molecular weight is 233 g/mol. The summed E-state index contributed by atoms with van der Waals surface area (Å²) in [4.78, 5) is 2.30. The first-order valence-electron chi connectivity index (χ1n) is 6.18. The van der Waals surface area contributed by atoms with E-state index < -0.39 is 0 Å². The summed E-state index contributed by atoms with van der Waals surface area (Å²) in [5.74, 6) is 0. The highest BCUT2D eigenvalue weighted by Crippen LogP contribution is 2.04. The lowest BCUT2D eigenvalue weighted by molar-refractivity contribution is 0.364. The van der Waals surface area contributed by atoms with Gasteiger partial charge in [-0.3, -0.25) is 0 Å². The van der Waals surface area contributed by atoms with Gasteiger partial charge in [-0.25, -0.2) is 0 Å². The van der Waals surface area contributed by atoms with E-state index in [1.54, 1.807) is 0 Å². The van der Waals surface area contributed by atoms with E-state index in [1.165, 1.54) is 5.56 Å². The van der Waals surface area contributed by atoms with E-state index in [2.05, 4.69) is 46.8 Å². The fourth-order valence-electron chi connectivity index (χ4n) is 1.68. The second kappa shape index (κ2) is 8.79. The predicted octanol–water partition coefficient (Wildman–Crippen LogP) is 1.57. The van der Waals surface area contributed by atoms with Crippen LogP contribution >= 0.6 is 0 Å². The number of allylic oxidation sites excluding steroid dienone is 1. The molecule has 0 unspecified atom stereocenters. The van der Waals surface area contributed by atoms with Crippen LogP contribution in [-0.2, 0) is 6.54 Å². The highest BCUT2D eigenvalue weighted by atomic mass is 15.1. The molecule has 0 heterocycles. The fourth-order valence-corrected chi connectivity index (χ4v) is 1.68. The number of rotatable bonds is 8. The summed E-state index contributed by atoms with van der Waals surface area (Å²) in [5.41, 5.74) is 6.77. The number of hydrogen-bond donors (Lipinski definition) is 2. The maximum Gasteiger partial charge on any atom is 0.0424 e. The predicted molar refractivity (Wildman–Crippen MR) is 73.6 cm³/mol. The Labute approximate surface area is 104 Å². The SMILES string of the molecule is CC=CN(CCNCCN)Cc1ccccc1. The summed E-state index contributed by atoms with van der Waals surface area (Å²) < 4.78 is 0. The Hall–Kier alpha value is -1.32. The van der Waals surface area contributed by atoms with Crippen LogP contribution in [0.25, 0.3) is 0 Å². The number of hydrogen-bond acceptors (Lipinski definition) is 3. The number of nitrogens with two attached hydrogens (primary N) is 1. The molecule has 0 fully saturated rings. The second-order valence-corrected chi connectivity index (χ2v) is 3.98. The van der Waals surface area contributed by atoms with Crippen molar-refractivity contribution in [1.82, 2.24) is 10.2 Å². The molecule has 1 aromatic rings. The third kappa shape index (κ3) is 6.09. The van der Waals surface area contributed by atoms with Crippen molar-refractivity contribution in [2.75, 3.05) is 26.2 Å². The molecule has 0 spiro atoms. The molecule has 17 heavy (non-hydrogen) atoms. The Balaban J connectivity index is 2.38. The van der Waals surface area contributed by atoms with Crippen molar-refractivity contribution in [3.63, 3.8) is 0 Å². The standard InChI is InChI=1S/C14H23N3/c1-2-11-17(12-10-16-9-8-15)13-14-6-4-3-5-7-14/h2-7,11,16H,8-10,12-13,15H2,1H3. The first kappa shape index (κ1) is 13.7. The van der Waals surface area contributed by atoms with Crippen LogP contribution in [0, 0.1) is 0 Å². The molecule has 0 aliphatic heterocycles. The molecule has 3 heteroatoms. The minimum Gasteiger partial charge on any atom is -0.372 e. The van der Waals surface area contributed by atoms with Gasteiger partial charge in [0.15, 0.2) is 0 Å². The summed E-state index contributed by atoms with van der Waals surface area (Å²) in [6.45, 7) is 6.55. The molecule has 0 radical (unpaired) electrons. The molecule has 0 saturated heterocycles. The molecular formula is C14H23N3. The van der Waals surface area contributed by atoms with E-state index in [0.717, 1.165) is 26.2 Å². The quantitative estimate of drug-likeness (QED) is 0.670. The topological polar surface area (TPSA) is 41.3 Å². The summed E-state index contributed by atoms with van der Waals surface area (Å²) >= 11 is 0. The lowest BCUT2D eigenvalue weighted by atomic mass is 10.2. The van der Waals surface area contributed by atoms with Crippen LogP contribution in [0.4, 0.5) is 0 Å². The first-order valence-corrected chi connectivity index (χ1v) is 6.18. The molecule has 0 saturated carbocycles. The van der Waals surface area contributed by atoms with E-state index in [1.807, 2.05) is 13.0 Å². The summed E-state index contributed by atoms with van der Waals surface area (Å²) in [6.07, 6.45) is 4.21. The second-order valence-electron chi connectivity index (χ2n) is 3.98. The average Bonchev–Trinajstić information content (AvgIpc) is 2.36. The molecular weight excluding hydrogens is 210 g/mol. The van der Waals surface area contributed by atoms with Crippen molar-refractivity contribution < 1.29 is 0 Å².